The van der Waals surface area contributed by atoms with Crippen LogP contribution in [0, 0.1) is 62.1 Å². The second-order valence-corrected chi connectivity index (χ2v) is 19.9. The lowest BCUT2D eigenvalue weighted by Crippen LogP contribution is -2.52. The van der Waals surface area contributed by atoms with Crippen LogP contribution in [-0.4, -0.2) is 47.7 Å². The van der Waals surface area contributed by atoms with E-state index in [2.05, 4.69) is 129 Å². The van der Waals surface area contributed by atoms with Gasteiger partial charge in [-0.15, -0.1) is 13.0 Å². The van der Waals surface area contributed by atoms with Crippen molar-refractivity contribution in [1.29, 1.82) is 5.26 Å². The van der Waals surface area contributed by atoms with Crippen LogP contribution in [0.15, 0.2) is 49.0 Å². The number of allylic oxidation sites excluding steroid dienone is 2. The fourth-order valence-electron chi connectivity index (χ4n) is 8.10. The summed E-state index contributed by atoms with van der Waals surface area (Å²) >= 11 is 7.29. The van der Waals surface area contributed by atoms with E-state index >= 15 is 0 Å². The monoisotopic (exact) mass is 738 g/mol. The van der Waals surface area contributed by atoms with E-state index in [1.165, 1.54) is 0 Å². The van der Waals surface area contributed by atoms with Crippen molar-refractivity contribution in [2.45, 2.75) is 128 Å². The molecule has 0 amide bonds. The maximum Gasteiger partial charge on any atom is 0.140 e. The van der Waals surface area contributed by atoms with Crippen molar-refractivity contribution in [2.24, 2.45) is 38.4 Å². The molecule has 0 aromatic heterocycles. The molecule has 1 heterocycles. The van der Waals surface area contributed by atoms with Crippen LogP contribution < -0.4 is 16.0 Å². The lowest BCUT2D eigenvalue weighted by molar-refractivity contribution is -0.0280. The summed E-state index contributed by atoms with van der Waals surface area (Å²) in [6.45, 7) is 49.3. The van der Waals surface area contributed by atoms with Crippen LogP contribution >= 0.6 is 24.0 Å². The van der Waals surface area contributed by atoms with Crippen molar-refractivity contribution in [3.05, 3.63) is 49.0 Å². The summed E-state index contributed by atoms with van der Waals surface area (Å²) in [6.07, 6.45) is 11.9. The third kappa shape index (κ3) is 12.4. The number of nitrogens with zero attached hydrogens (tertiary/aromatic N) is 2. The van der Waals surface area contributed by atoms with Gasteiger partial charge in [-0.25, -0.2) is 0 Å². The van der Waals surface area contributed by atoms with Gasteiger partial charge in [-0.2, -0.15) is 5.26 Å². The van der Waals surface area contributed by atoms with Crippen molar-refractivity contribution >= 4 is 28.3 Å². The topological polar surface area (TPSA) is 63.1 Å². The van der Waals surface area contributed by atoms with Gasteiger partial charge in [0.25, 0.3) is 0 Å². The molecule has 0 radical (unpaired) electrons. The molecule has 1 fully saturated rings. The van der Waals surface area contributed by atoms with Gasteiger partial charge in [-0.3, -0.25) is 0 Å². The zero-order chi connectivity index (χ0) is 39.5. The smallest absolute Gasteiger partial charge is 0.140 e. The van der Waals surface area contributed by atoms with E-state index in [0.29, 0.717) is 25.4 Å². The Balaban J connectivity index is 3.46. The normalized spacial score (nSPS) is 18.0. The minimum atomic E-state index is -0.636. The summed E-state index contributed by atoms with van der Waals surface area (Å²) in [5.74, 6) is 4.02. The molecule has 0 spiro atoms. The second kappa shape index (κ2) is 19.2. The van der Waals surface area contributed by atoms with Crippen molar-refractivity contribution in [3.63, 3.8) is 0 Å². The molecule has 0 bridgehead atoms. The Morgan fingerprint density at radius 3 is 2.04 bits per heavy atom. The first-order valence-electron chi connectivity index (χ1n) is 19.1. The van der Waals surface area contributed by atoms with Crippen molar-refractivity contribution in [3.8, 4) is 18.4 Å². The molecule has 51 heavy (non-hydrogen) atoms. The minimum Gasteiger partial charge on any atom is -0.388 e. The molecule has 4 atom stereocenters. The SMILES string of the molecule is C#CCNCCC(C)(C#N)C(C)(C)C(C)(CC(C)(C)CC(C)C(C)(CC(C)(C)CC)C(=C)NCCC(=C)N1CCSC1=S)C(=C)NCCC(=C)C. The number of terminal acetylenes is 1. The Morgan fingerprint density at radius 1 is 0.941 bits per heavy atom. The van der Waals surface area contributed by atoms with Crippen molar-refractivity contribution < 1.29 is 0 Å². The molecule has 3 N–H and O–H groups in total. The molecule has 288 valence electrons. The molecular weight excluding hydrogens is 663 g/mol. The van der Waals surface area contributed by atoms with Crippen molar-refractivity contribution in [1.82, 2.24) is 20.9 Å². The fraction of sp³-hybridized carbons (Fsp3) is 0.727. The highest BCUT2D eigenvalue weighted by Crippen LogP contribution is 2.61. The lowest BCUT2D eigenvalue weighted by atomic mass is 9.48. The van der Waals surface area contributed by atoms with Gasteiger partial charge in [0.05, 0.1) is 18.0 Å². The molecule has 0 saturated carbocycles. The number of thiocarbonyl (C=S) groups is 1. The summed E-state index contributed by atoms with van der Waals surface area (Å²) in [6, 6.07) is 2.76. The summed E-state index contributed by atoms with van der Waals surface area (Å²) in [5, 5.41) is 21.6. The number of thioether (sulfide) groups is 1. The van der Waals surface area contributed by atoms with E-state index in [4.69, 9.17) is 31.8 Å². The van der Waals surface area contributed by atoms with E-state index in [9.17, 15) is 5.26 Å². The first-order chi connectivity index (χ1) is 23.4. The molecule has 4 unspecified atom stereocenters. The second-order valence-electron chi connectivity index (χ2n) is 18.2. The molecule has 7 heteroatoms. The van der Waals surface area contributed by atoms with Crippen LogP contribution in [-0.2, 0) is 0 Å². The minimum absolute atomic E-state index is 0.0855. The largest absolute Gasteiger partial charge is 0.388 e. The van der Waals surface area contributed by atoms with Crippen LogP contribution in [0.2, 0.25) is 0 Å². The molecule has 1 aliphatic rings. The van der Waals surface area contributed by atoms with E-state index in [1.807, 2.05) is 0 Å². The number of rotatable bonds is 25. The Hall–Kier alpha value is -2.19. The highest BCUT2D eigenvalue weighted by molar-refractivity contribution is 8.23. The summed E-state index contributed by atoms with van der Waals surface area (Å²) in [4.78, 5) is 2.18. The standard InChI is InChI=1S/C44H75N5S2/c1-18-23-46-26-22-42(15,32-45)41(13,14)44(17,37(8)48-24-20-33(3)4)31-40(11,12)29-34(5)43(16,30-39(9,10)19-2)36(7)47-25-21-35(6)49-27-28-51-38(49)50/h1,34,46-48H,3,6-8,19-31H2,2,4-5,9-17H3. The Labute approximate surface area is 325 Å². The quantitative estimate of drug-likeness (QED) is 0.0373. The third-order valence-corrected chi connectivity index (χ3v) is 14.2. The van der Waals surface area contributed by atoms with Crippen LogP contribution in [0.3, 0.4) is 0 Å². The average molecular weight is 738 g/mol. The molecular formula is C44H75N5S2. The predicted octanol–water partition coefficient (Wildman–Crippen LogP) is 10.8. The van der Waals surface area contributed by atoms with Crippen LogP contribution in [0.5, 0.6) is 0 Å². The molecule has 1 aliphatic heterocycles. The van der Waals surface area contributed by atoms with E-state index in [0.717, 1.165) is 90.9 Å². The summed E-state index contributed by atoms with van der Waals surface area (Å²) in [5.41, 5.74) is 2.74. The number of nitriles is 1. The zero-order valence-corrected chi connectivity index (χ0v) is 36.5. The Morgan fingerprint density at radius 2 is 1.53 bits per heavy atom. The van der Waals surface area contributed by atoms with Gasteiger partial charge in [0.2, 0.25) is 0 Å². The zero-order valence-electron chi connectivity index (χ0n) is 34.9. The van der Waals surface area contributed by atoms with E-state index in [-0.39, 0.29) is 16.2 Å². The first-order valence-corrected chi connectivity index (χ1v) is 20.5. The molecule has 1 saturated heterocycles. The van der Waals surface area contributed by atoms with Gasteiger partial charge >= 0.3 is 0 Å². The van der Waals surface area contributed by atoms with Gasteiger partial charge in [-0.1, -0.05) is 131 Å². The maximum atomic E-state index is 10.8. The fourth-order valence-corrected chi connectivity index (χ4v) is 9.39. The molecule has 0 aromatic carbocycles. The molecule has 0 aliphatic carbocycles. The molecule has 0 aromatic rings. The Bertz CT molecular complexity index is 1330. The molecule has 5 nitrogen and oxygen atoms in total. The van der Waals surface area contributed by atoms with Gasteiger partial charge in [0, 0.05) is 59.7 Å². The van der Waals surface area contributed by atoms with E-state index < -0.39 is 16.2 Å². The van der Waals surface area contributed by atoms with Gasteiger partial charge in [-0.05, 0) is 74.7 Å². The first kappa shape index (κ1) is 46.8. The summed E-state index contributed by atoms with van der Waals surface area (Å²) in [7, 11) is 0. The van der Waals surface area contributed by atoms with Gasteiger partial charge in [0.1, 0.15) is 4.32 Å². The number of hydrogen-bond donors (Lipinski definition) is 3. The average Bonchev–Trinajstić information content (AvgIpc) is 3.47. The van der Waals surface area contributed by atoms with Crippen LogP contribution in [0.4, 0.5) is 0 Å². The highest BCUT2D eigenvalue weighted by Gasteiger charge is 2.56. The Kier molecular flexibility index (Phi) is 17.7. The summed E-state index contributed by atoms with van der Waals surface area (Å²) < 4.78 is 0.934. The van der Waals surface area contributed by atoms with Crippen molar-refractivity contribution in [2.75, 3.05) is 38.5 Å². The van der Waals surface area contributed by atoms with Crippen LogP contribution in [0.25, 0.3) is 0 Å². The maximum absolute atomic E-state index is 10.8. The van der Waals surface area contributed by atoms with Gasteiger partial charge in [0.15, 0.2) is 0 Å². The van der Waals surface area contributed by atoms with Crippen LogP contribution in [0.1, 0.15) is 128 Å². The third-order valence-electron chi connectivity index (χ3n) is 12.8. The number of hydrogen-bond acceptors (Lipinski definition) is 6. The predicted molar refractivity (Wildman–Crippen MR) is 230 cm³/mol. The van der Waals surface area contributed by atoms with E-state index in [1.54, 1.807) is 11.8 Å². The highest BCUT2D eigenvalue weighted by atomic mass is 32.2. The molecule has 1 rings (SSSR count). The number of nitrogens with one attached hydrogen (secondary N) is 3. The lowest BCUT2D eigenvalue weighted by Gasteiger charge is -2.56. The van der Waals surface area contributed by atoms with Gasteiger partial charge < -0.3 is 20.9 Å².